The maximum Gasteiger partial charge on any atom is 0.161 e. The number of hydrogen-bond donors (Lipinski definition) is 2. The minimum absolute atomic E-state index is 0.0731. The van der Waals surface area contributed by atoms with Crippen molar-refractivity contribution in [2.75, 3.05) is 13.1 Å². The molecule has 0 bridgehead atoms. The number of nitrogens with one attached hydrogen (secondary N) is 1. The molecule has 0 radical (unpaired) electrons. The Kier molecular flexibility index (Phi) is 6.97. The van der Waals surface area contributed by atoms with Gasteiger partial charge in [-0.05, 0) is 43.7 Å². The van der Waals surface area contributed by atoms with Gasteiger partial charge in [0.1, 0.15) is 4.99 Å². The molecule has 2 aliphatic heterocycles. The molecule has 1 aromatic rings. The zero-order valence-electron chi connectivity index (χ0n) is 15.3. The number of ketones is 1. The first-order chi connectivity index (χ1) is 13.1. The molecule has 0 aromatic heterocycles. The van der Waals surface area contributed by atoms with Crippen molar-refractivity contribution < 1.29 is 10.1 Å². The number of hydrogen-bond acceptors (Lipinski definition) is 2. The third-order valence-corrected chi connectivity index (χ3v) is 5.86. The van der Waals surface area contributed by atoms with E-state index in [4.69, 9.17) is 23.8 Å². The molecule has 1 aliphatic carbocycles. The summed E-state index contributed by atoms with van der Waals surface area (Å²) in [5.74, 6) is 1.78. The number of quaternary nitrogens is 1. The van der Waals surface area contributed by atoms with Crippen molar-refractivity contribution in [1.29, 1.82) is 0 Å². The van der Waals surface area contributed by atoms with Gasteiger partial charge >= 0.3 is 0 Å². The summed E-state index contributed by atoms with van der Waals surface area (Å²) in [5.41, 5.74) is 2.66. The van der Waals surface area contributed by atoms with E-state index in [9.17, 15) is 10.2 Å². The second kappa shape index (κ2) is 9.43. The average Bonchev–Trinajstić information content (AvgIpc) is 2.69. The smallest absolute Gasteiger partial charge is 0.161 e. The first kappa shape index (κ1) is 20.0. The van der Waals surface area contributed by atoms with Crippen LogP contribution in [0.15, 0.2) is 41.1 Å². The standard InChI is InChI=1S/C16H12ClN2OS.C5H11N/c17-11-5-2-1-4-9(11)14-10(8-18)16(21)19-12-6-3-7-13(20)15(12)14;1-2-4-6-5-3-1/h1-2,4-5,14H,3,6-7H2,(H,19,21);6H,1-5H2/q-1;/p+1. The highest BCUT2D eigenvalue weighted by molar-refractivity contribution is 7.80. The first-order valence-corrected chi connectivity index (χ1v) is 10.3. The SMILES string of the molecule is C1CC[NH2+]CC1.[N-]=C=C1C(=S)NC2=C(C(=O)CCC2)C1c1ccccc1Cl. The number of carbonyl (C=O) groups excluding carboxylic acids is 1. The number of rotatable bonds is 1. The van der Waals surface area contributed by atoms with Gasteiger partial charge in [-0.1, -0.05) is 42.0 Å². The maximum atomic E-state index is 12.4. The van der Waals surface area contributed by atoms with Crippen LogP contribution in [0.1, 0.15) is 50.0 Å². The number of nitrogens with two attached hydrogens (primary N) is 1. The Balaban J connectivity index is 0.000000299. The number of Topliss-reactive ketones (excluding diaryl/α,β-unsaturated/α-hetero) is 1. The molecule has 0 amide bonds. The van der Waals surface area contributed by atoms with E-state index in [-0.39, 0.29) is 5.78 Å². The van der Waals surface area contributed by atoms with E-state index in [1.165, 1.54) is 32.4 Å². The van der Waals surface area contributed by atoms with E-state index in [0.29, 0.717) is 27.6 Å². The lowest BCUT2D eigenvalue weighted by atomic mass is 9.76. The Hall–Kier alpha value is -1.78. The molecule has 4 nitrogen and oxygen atoms in total. The van der Waals surface area contributed by atoms with Crippen LogP contribution >= 0.6 is 23.8 Å². The Morgan fingerprint density at radius 1 is 1.15 bits per heavy atom. The van der Waals surface area contributed by atoms with Crippen LogP contribution in [0.3, 0.4) is 0 Å². The summed E-state index contributed by atoms with van der Waals surface area (Å²) in [6, 6.07) is 7.30. The van der Waals surface area contributed by atoms with Crippen molar-refractivity contribution in [2.45, 2.75) is 44.4 Å². The van der Waals surface area contributed by atoms with Gasteiger partial charge in [0.15, 0.2) is 5.78 Å². The summed E-state index contributed by atoms with van der Waals surface area (Å²) in [6.45, 7) is 2.75. The molecule has 1 unspecified atom stereocenters. The molecule has 27 heavy (non-hydrogen) atoms. The van der Waals surface area contributed by atoms with Crippen LogP contribution < -0.4 is 10.6 Å². The highest BCUT2D eigenvalue weighted by Crippen LogP contribution is 2.42. The predicted octanol–water partition coefficient (Wildman–Crippen LogP) is 3.26. The molecule has 4 rings (SSSR count). The number of piperidine rings is 1. The Morgan fingerprint density at radius 2 is 1.89 bits per heavy atom. The first-order valence-electron chi connectivity index (χ1n) is 9.54. The molecule has 1 saturated heterocycles. The number of allylic oxidation sites excluding steroid dienone is 2. The third kappa shape index (κ3) is 4.56. The van der Waals surface area contributed by atoms with Gasteiger partial charge in [0.05, 0.1) is 13.1 Å². The molecule has 1 fully saturated rings. The predicted molar refractivity (Wildman–Crippen MR) is 113 cm³/mol. The summed E-state index contributed by atoms with van der Waals surface area (Å²) in [4.78, 5) is 12.8. The lowest BCUT2D eigenvalue weighted by molar-refractivity contribution is -0.662. The average molecular weight is 402 g/mol. The van der Waals surface area contributed by atoms with Crippen LogP contribution in [0.4, 0.5) is 0 Å². The molecule has 6 heteroatoms. The van der Waals surface area contributed by atoms with Gasteiger partial charge in [0, 0.05) is 34.2 Å². The van der Waals surface area contributed by atoms with E-state index < -0.39 is 5.92 Å². The highest BCUT2D eigenvalue weighted by Gasteiger charge is 2.37. The minimum Gasteiger partial charge on any atom is -0.763 e. The molecule has 0 spiro atoms. The van der Waals surface area contributed by atoms with Crippen molar-refractivity contribution >= 4 is 40.5 Å². The van der Waals surface area contributed by atoms with Gasteiger partial charge in [0.25, 0.3) is 0 Å². The van der Waals surface area contributed by atoms with Crippen LogP contribution in [-0.4, -0.2) is 29.7 Å². The number of benzene rings is 1. The molecule has 0 saturated carbocycles. The summed E-state index contributed by atoms with van der Waals surface area (Å²) < 4.78 is 0. The molecule has 1 atom stereocenters. The quantitative estimate of drug-likeness (QED) is 0.431. The zero-order chi connectivity index (χ0) is 19.2. The fourth-order valence-electron chi connectivity index (χ4n) is 3.84. The normalized spacial score (nSPS) is 22.3. The van der Waals surface area contributed by atoms with Gasteiger partial charge in [0.2, 0.25) is 0 Å². The molecule has 142 valence electrons. The van der Waals surface area contributed by atoms with E-state index in [2.05, 4.69) is 16.5 Å². The minimum atomic E-state index is -0.444. The van der Waals surface area contributed by atoms with Crippen molar-refractivity contribution in [3.8, 4) is 0 Å². The van der Waals surface area contributed by atoms with Gasteiger partial charge in [-0.25, -0.2) is 0 Å². The number of nitrogens with zero attached hydrogens (tertiary/aromatic N) is 1. The second-order valence-electron chi connectivity index (χ2n) is 7.03. The molecular weight excluding hydrogens is 378 g/mol. The van der Waals surface area contributed by atoms with Crippen molar-refractivity contribution in [3.63, 3.8) is 0 Å². The van der Waals surface area contributed by atoms with Crippen LogP contribution in [0, 0.1) is 0 Å². The number of thiocarbonyl (C=S) groups is 1. The second-order valence-corrected chi connectivity index (χ2v) is 7.85. The Labute approximate surface area is 170 Å². The van der Waals surface area contributed by atoms with Crippen molar-refractivity contribution in [1.82, 2.24) is 5.32 Å². The fourth-order valence-corrected chi connectivity index (χ4v) is 4.37. The molecule has 3 aliphatic rings. The van der Waals surface area contributed by atoms with E-state index >= 15 is 0 Å². The monoisotopic (exact) mass is 401 g/mol. The largest absolute Gasteiger partial charge is 0.763 e. The Bertz CT molecular complexity index is 811. The zero-order valence-corrected chi connectivity index (χ0v) is 16.8. The van der Waals surface area contributed by atoms with Crippen molar-refractivity contribution in [3.05, 3.63) is 57.1 Å². The Morgan fingerprint density at radius 3 is 2.48 bits per heavy atom. The van der Waals surface area contributed by atoms with Crippen LogP contribution in [-0.2, 0) is 4.79 Å². The van der Waals surface area contributed by atoms with Gasteiger partial charge in [-0.3, -0.25) is 10.7 Å². The topological polar surface area (TPSA) is 68.0 Å². The number of halogens is 1. The van der Waals surface area contributed by atoms with E-state index in [1.54, 1.807) is 6.07 Å². The van der Waals surface area contributed by atoms with Gasteiger partial charge in [-0.15, -0.1) is 0 Å². The molecule has 3 N–H and O–H groups in total. The number of carbonyl (C=O) groups is 1. The lowest BCUT2D eigenvalue weighted by Gasteiger charge is -2.34. The summed E-state index contributed by atoms with van der Waals surface area (Å²) in [6.07, 6.45) is 6.45. The summed E-state index contributed by atoms with van der Waals surface area (Å²) in [7, 11) is 0. The van der Waals surface area contributed by atoms with Crippen LogP contribution in [0.5, 0.6) is 0 Å². The molecule has 2 heterocycles. The van der Waals surface area contributed by atoms with Gasteiger partial charge < -0.3 is 16.0 Å². The van der Waals surface area contributed by atoms with E-state index in [0.717, 1.165) is 24.1 Å². The van der Waals surface area contributed by atoms with Crippen LogP contribution in [0.2, 0.25) is 5.02 Å². The molecular formula is C21H24ClN3OS. The van der Waals surface area contributed by atoms with Gasteiger partial charge in [-0.2, -0.15) is 0 Å². The summed E-state index contributed by atoms with van der Waals surface area (Å²) >= 11 is 11.6. The van der Waals surface area contributed by atoms with Crippen LogP contribution in [0.25, 0.3) is 5.41 Å². The van der Waals surface area contributed by atoms with E-state index in [1.807, 2.05) is 18.2 Å². The fraction of sp³-hybridized carbons (Fsp3) is 0.429. The third-order valence-electron chi connectivity index (χ3n) is 5.20. The summed E-state index contributed by atoms with van der Waals surface area (Å²) in [5, 5.41) is 15.5. The van der Waals surface area contributed by atoms with Crippen molar-refractivity contribution in [2.24, 2.45) is 0 Å². The maximum absolute atomic E-state index is 12.4. The molecule has 1 aromatic carbocycles. The highest BCUT2D eigenvalue weighted by atomic mass is 35.5. The lowest BCUT2D eigenvalue weighted by Crippen LogP contribution is -2.85.